The Labute approximate surface area is 178 Å². The first kappa shape index (κ1) is 19.9. The quantitative estimate of drug-likeness (QED) is 0.599. The van der Waals surface area contributed by atoms with Crippen molar-refractivity contribution in [1.29, 1.82) is 0 Å². The van der Waals surface area contributed by atoms with Gasteiger partial charge in [0.05, 0.1) is 11.4 Å². The van der Waals surface area contributed by atoms with Crippen LogP contribution in [0.15, 0.2) is 30.3 Å². The molecule has 2 aromatic heterocycles. The highest BCUT2D eigenvalue weighted by Gasteiger charge is 2.26. The molecule has 1 aromatic carbocycles. The number of aryl methyl sites for hydroxylation is 1. The molecule has 1 aliphatic heterocycles. The summed E-state index contributed by atoms with van der Waals surface area (Å²) in [5.41, 5.74) is 3.33. The van der Waals surface area contributed by atoms with Gasteiger partial charge in [-0.15, -0.1) is 11.3 Å². The van der Waals surface area contributed by atoms with Gasteiger partial charge in [-0.2, -0.15) is 0 Å². The minimum absolute atomic E-state index is 0.0242. The fourth-order valence-corrected chi connectivity index (χ4v) is 5.04. The van der Waals surface area contributed by atoms with E-state index in [1.54, 1.807) is 0 Å². The summed E-state index contributed by atoms with van der Waals surface area (Å²) in [6, 6.07) is 9.51. The fraction of sp³-hybridized carbons (Fsp3) is 0.318. The van der Waals surface area contributed by atoms with Crippen LogP contribution in [0.25, 0.3) is 21.5 Å². The van der Waals surface area contributed by atoms with Crippen LogP contribution in [0, 0.1) is 6.92 Å². The van der Waals surface area contributed by atoms with E-state index >= 15 is 0 Å². The number of anilines is 1. The Bertz CT molecular complexity index is 1090. The van der Waals surface area contributed by atoms with E-state index in [0.29, 0.717) is 15.6 Å². The summed E-state index contributed by atoms with van der Waals surface area (Å²) < 4.78 is 0. The third-order valence-electron chi connectivity index (χ3n) is 5.14. The molecule has 0 radical (unpaired) electrons. The summed E-state index contributed by atoms with van der Waals surface area (Å²) in [4.78, 5) is 33.1. The van der Waals surface area contributed by atoms with E-state index < -0.39 is 0 Å². The molecular weight excluding hydrogens is 406 g/mol. The number of pyridine rings is 1. The van der Waals surface area contributed by atoms with Crippen LogP contribution in [-0.4, -0.2) is 34.8 Å². The van der Waals surface area contributed by atoms with E-state index in [1.165, 1.54) is 18.3 Å². The minimum atomic E-state index is -0.196. The summed E-state index contributed by atoms with van der Waals surface area (Å²) >= 11 is 7.36. The lowest BCUT2D eigenvalue weighted by Crippen LogP contribution is -2.35. The first-order chi connectivity index (χ1) is 13.9. The molecule has 1 N–H and O–H groups in total. The van der Waals surface area contributed by atoms with Crippen molar-refractivity contribution < 1.29 is 9.59 Å². The second-order valence-electron chi connectivity index (χ2n) is 7.35. The highest BCUT2D eigenvalue weighted by molar-refractivity contribution is 7.21. The van der Waals surface area contributed by atoms with Gasteiger partial charge >= 0.3 is 0 Å². The maximum absolute atomic E-state index is 13.2. The van der Waals surface area contributed by atoms with Crippen LogP contribution in [0.2, 0.25) is 5.02 Å². The molecule has 29 heavy (non-hydrogen) atoms. The standard InChI is InChI=1S/C22H22ClN3O2S/c1-13-12-17(15-6-8-16(23)9-7-15)25-21-18(13)19(24-14(2)27)20(29-21)22(28)26-10-4-3-5-11-26/h6-9,12H,3-5,10-11H2,1-2H3,(H,24,27). The molecule has 0 aliphatic carbocycles. The van der Waals surface area contributed by atoms with E-state index in [4.69, 9.17) is 16.6 Å². The third kappa shape index (κ3) is 4.00. The van der Waals surface area contributed by atoms with Crippen molar-refractivity contribution in [3.05, 3.63) is 45.8 Å². The molecule has 1 saturated heterocycles. The van der Waals surface area contributed by atoms with Gasteiger partial charge < -0.3 is 10.2 Å². The fourth-order valence-electron chi connectivity index (χ4n) is 3.74. The number of hydrogen-bond donors (Lipinski definition) is 1. The number of nitrogens with zero attached hydrogens (tertiary/aromatic N) is 2. The smallest absolute Gasteiger partial charge is 0.266 e. The molecule has 5 nitrogen and oxygen atoms in total. The average Bonchev–Trinajstić information content (AvgIpc) is 3.06. The van der Waals surface area contributed by atoms with Crippen molar-refractivity contribution in [3.8, 4) is 11.3 Å². The van der Waals surface area contributed by atoms with Gasteiger partial charge in [0.1, 0.15) is 9.71 Å². The maximum atomic E-state index is 13.2. The summed E-state index contributed by atoms with van der Waals surface area (Å²) in [5, 5.41) is 4.40. The van der Waals surface area contributed by atoms with Crippen LogP contribution in [0.4, 0.5) is 5.69 Å². The molecule has 2 amide bonds. The lowest BCUT2D eigenvalue weighted by atomic mass is 10.1. The van der Waals surface area contributed by atoms with Crippen molar-refractivity contribution >= 4 is 50.7 Å². The number of benzene rings is 1. The van der Waals surface area contributed by atoms with E-state index in [2.05, 4.69) is 5.32 Å². The monoisotopic (exact) mass is 427 g/mol. The molecule has 1 aliphatic rings. The Morgan fingerprint density at radius 2 is 1.83 bits per heavy atom. The summed E-state index contributed by atoms with van der Waals surface area (Å²) in [6.07, 6.45) is 3.19. The molecule has 1 fully saturated rings. The number of thiophene rings is 1. The second kappa shape index (κ2) is 8.13. The topological polar surface area (TPSA) is 62.3 Å². The van der Waals surface area contributed by atoms with E-state index in [1.807, 2.05) is 42.2 Å². The number of aromatic nitrogens is 1. The van der Waals surface area contributed by atoms with Gasteiger partial charge in [0.25, 0.3) is 5.91 Å². The molecule has 4 rings (SSSR count). The van der Waals surface area contributed by atoms with Crippen molar-refractivity contribution in [1.82, 2.24) is 9.88 Å². The van der Waals surface area contributed by atoms with Crippen LogP contribution in [0.1, 0.15) is 41.4 Å². The number of piperidine rings is 1. The first-order valence-corrected chi connectivity index (χ1v) is 10.9. The van der Waals surface area contributed by atoms with Crippen LogP contribution >= 0.6 is 22.9 Å². The molecule has 3 heterocycles. The zero-order chi connectivity index (χ0) is 20.5. The maximum Gasteiger partial charge on any atom is 0.266 e. The lowest BCUT2D eigenvalue weighted by molar-refractivity contribution is -0.114. The van der Waals surface area contributed by atoms with Crippen LogP contribution in [0.5, 0.6) is 0 Å². The molecular formula is C22H22ClN3O2S. The third-order valence-corrected chi connectivity index (χ3v) is 6.46. The number of nitrogens with one attached hydrogen (secondary N) is 1. The predicted octanol–water partition coefficient (Wildman–Crippen LogP) is 5.51. The number of amides is 2. The largest absolute Gasteiger partial charge is 0.338 e. The number of carbonyl (C=O) groups excluding carboxylic acids is 2. The van der Waals surface area contributed by atoms with Gasteiger partial charge in [-0.1, -0.05) is 23.7 Å². The molecule has 0 saturated carbocycles. The number of hydrogen-bond acceptors (Lipinski definition) is 4. The first-order valence-electron chi connectivity index (χ1n) is 9.71. The van der Waals surface area contributed by atoms with E-state index in [-0.39, 0.29) is 11.8 Å². The Morgan fingerprint density at radius 1 is 1.14 bits per heavy atom. The van der Waals surface area contributed by atoms with Gasteiger partial charge in [-0.25, -0.2) is 4.98 Å². The van der Waals surface area contributed by atoms with Gasteiger partial charge in [0.15, 0.2) is 0 Å². The molecule has 150 valence electrons. The van der Waals surface area contributed by atoms with Crippen molar-refractivity contribution in [2.75, 3.05) is 18.4 Å². The number of carbonyl (C=O) groups is 2. The highest BCUT2D eigenvalue weighted by atomic mass is 35.5. The normalized spacial score (nSPS) is 14.2. The van der Waals surface area contributed by atoms with Gasteiger partial charge in [0, 0.05) is 36.0 Å². The molecule has 0 atom stereocenters. The van der Waals surface area contributed by atoms with Gasteiger partial charge in [0.2, 0.25) is 5.91 Å². The van der Waals surface area contributed by atoms with Crippen LogP contribution in [0.3, 0.4) is 0 Å². The summed E-state index contributed by atoms with van der Waals surface area (Å²) in [6.45, 7) is 4.96. The van der Waals surface area contributed by atoms with Crippen LogP contribution < -0.4 is 5.32 Å². The molecule has 0 spiro atoms. The zero-order valence-corrected chi connectivity index (χ0v) is 18.0. The van der Waals surface area contributed by atoms with Gasteiger partial charge in [-0.3, -0.25) is 9.59 Å². The Morgan fingerprint density at radius 3 is 2.48 bits per heavy atom. The molecule has 0 unspecified atom stereocenters. The van der Waals surface area contributed by atoms with Crippen LogP contribution in [-0.2, 0) is 4.79 Å². The molecule has 0 bridgehead atoms. The summed E-state index contributed by atoms with van der Waals surface area (Å²) in [7, 11) is 0. The molecule has 7 heteroatoms. The molecule has 3 aromatic rings. The Hall–Kier alpha value is -2.44. The Kier molecular flexibility index (Phi) is 5.56. The average molecular weight is 428 g/mol. The second-order valence-corrected chi connectivity index (χ2v) is 8.79. The summed E-state index contributed by atoms with van der Waals surface area (Å²) in [5.74, 6) is -0.220. The minimum Gasteiger partial charge on any atom is -0.338 e. The Balaban J connectivity index is 1.84. The van der Waals surface area contributed by atoms with Crippen molar-refractivity contribution in [2.24, 2.45) is 0 Å². The number of likely N-dealkylation sites (tertiary alicyclic amines) is 1. The lowest BCUT2D eigenvalue weighted by Gasteiger charge is -2.26. The van der Waals surface area contributed by atoms with E-state index in [0.717, 1.165) is 59.4 Å². The number of halogens is 1. The van der Waals surface area contributed by atoms with Gasteiger partial charge in [-0.05, 0) is 49.9 Å². The van der Waals surface area contributed by atoms with E-state index in [9.17, 15) is 9.59 Å². The zero-order valence-electron chi connectivity index (χ0n) is 16.4. The number of fused-ring (bicyclic) bond motifs is 1. The highest BCUT2D eigenvalue weighted by Crippen LogP contribution is 2.39. The predicted molar refractivity (Wildman–Crippen MR) is 119 cm³/mol. The van der Waals surface area contributed by atoms with Crippen molar-refractivity contribution in [2.45, 2.75) is 33.1 Å². The van der Waals surface area contributed by atoms with Crippen molar-refractivity contribution in [3.63, 3.8) is 0 Å². The SMILES string of the molecule is CC(=O)Nc1c(C(=O)N2CCCCC2)sc2nc(-c3ccc(Cl)cc3)cc(C)c12. The number of rotatable bonds is 3.